The summed E-state index contributed by atoms with van der Waals surface area (Å²) < 4.78 is 0. The van der Waals surface area contributed by atoms with E-state index in [-0.39, 0.29) is 6.10 Å². The van der Waals surface area contributed by atoms with Gasteiger partial charge in [-0.05, 0) is 31.6 Å². The van der Waals surface area contributed by atoms with Gasteiger partial charge >= 0.3 is 0 Å². The summed E-state index contributed by atoms with van der Waals surface area (Å²) in [6.45, 7) is 4.52. The van der Waals surface area contributed by atoms with E-state index in [0.717, 1.165) is 12.3 Å². The lowest BCUT2D eigenvalue weighted by molar-refractivity contribution is 0.200. The normalized spacial score (nSPS) is 23.4. The molecule has 1 aliphatic rings. The van der Waals surface area contributed by atoms with Crippen LogP contribution in [0.2, 0.25) is 0 Å². The molecule has 0 heterocycles. The molecule has 76 valence electrons. The zero-order valence-electron chi connectivity index (χ0n) is 8.92. The number of aliphatic hydroxyl groups is 1. The molecule has 0 aromatic rings. The van der Waals surface area contributed by atoms with Crippen LogP contribution in [0.15, 0.2) is 11.6 Å². The minimum Gasteiger partial charge on any atom is -0.389 e. The average molecular weight is 182 g/mol. The van der Waals surface area contributed by atoms with E-state index in [0.29, 0.717) is 0 Å². The minimum atomic E-state index is -0.155. The monoisotopic (exact) mass is 182 g/mol. The summed E-state index contributed by atoms with van der Waals surface area (Å²) in [6, 6.07) is 0. The average Bonchev–Trinajstić information content (AvgIpc) is 2.14. The van der Waals surface area contributed by atoms with E-state index >= 15 is 0 Å². The van der Waals surface area contributed by atoms with Crippen LogP contribution in [-0.4, -0.2) is 11.2 Å². The van der Waals surface area contributed by atoms with Crippen LogP contribution in [0.25, 0.3) is 0 Å². The molecule has 1 heteroatoms. The van der Waals surface area contributed by atoms with Crippen molar-refractivity contribution < 1.29 is 5.11 Å². The first kappa shape index (κ1) is 10.8. The molecule has 1 aliphatic carbocycles. The Balaban J connectivity index is 2.42. The zero-order valence-corrected chi connectivity index (χ0v) is 8.92. The molecule has 1 atom stereocenters. The highest BCUT2D eigenvalue weighted by molar-refractivity contribution is 5.09. The van der Waals surface area contributed by atoms with Gasteiger partial charge in [0.05, 0.1) is 6.10 Å². The van der Waals surface area contributed by atoms with Gasteiger partial charge in [-0.15, -0.1) is 0 Å². The third-order valence-electron chi connectivity index (χ3n) is 3.13. The number of allylic oxidation sites excluding steroid dienone is 1. The molecule has 1 nitrogen and oxygen atoms in total. The van der Waals surface area contributed by atoms with Gasteiger partial charge in [0.1, 0.15) is 0 Å². The van der Waals surface area contributed by atoms with Gasteiger partial charge in [0.25, 0.3) is 0 Å². The summed E-state index contributed by atoms with van der Waals surface area (Å²) in [6.07, 6.45) is 9.03. The fourth-order valence-corrected chi connectivity index (χ4v) is 2.10. The topological polar surface area (TPSA) is 20.2 Å². The summed E-state index contributed by atoms with van der Waals surface area (Å²) in [4.78, 5) is 0. The van der Waals surface area contributed by atoms with E-state index in [1.165, 1.54) is 37.7 Å². The first-order valence-corrected chi connectivity index (χ1v) is 5.63. The van der Waals surface area contributed by atoms with Gasteiger partial charge in [-0.1, -0.05) is 38.3 Å². The number of aliphatic hydroxyl groups excluding tert-OH is 1. The standard InChI is InChI=1S/C12H22O/c1-3-10(4-2)8-11-6-5-7-12(13)9-11/h9-10,12-13H,3-8H2,1-2H3. The van der Waals surface area contributed by atoms with Gasteiger partial charge in [-0.2, -0.15) is 0 Å². The second kappa shape index (κ2) is 5.43. The smallest absolute Gasteiger partial charge is 0.0723 e. The maximum Gasteiger partial charge on any atom is 0.0723 e. The van der Waals surface area contributed by atoms with Crippen LogP contribution in [-0.2, 0) is 0 Å². The highest BCUT2D eigenvalue weighted by atomic mass is 16.3. The Morgan fingerprint density at radius 1 is 1.46 bits per heavy atom. The molecule has 0 fully saturated rings. The van der Waals surface area contributed by atoms with Crippen LogP contribution in [0.4, 0.5) is 0 Å². The van der Waals surface area contributed by atoms with E-state index in [4.69, 9.17) is 0 Å². The van der Waals surface area contributed by atoms with Crippen LogP contribution in [0.5, 0.6) is 0 Å². The van der Waals surface area contributed by atoms with Crippen molar-refractivity contribution in [2.24, 2.45) is 5.92 Å². The molecule has 0 saturated carbocycles. The van der Waals surface area contributed by atoms with E-state index in [1.807, 2.05) is 0 Å². The Morgan fingerprint density at radius 2 is 2.15 bits per heavy atom. The van der Waals surface area contributed by atoms with Crippen molar-refractivity contribution in [3.8, 4) is 0 Å². The van der Waals surface area contributed by atoms with Crippen LogP contribution >= 0.6 is 0 Å². The van der Waals surface area contributed by atoms with Gasteiger partial charge in [0, 0.05) is 0 Å². The summed E-state index contributed by atoms with van der Waals surface area (Å²) in [5.41, 5.74) is 1.49. The second-order valence-corrected chi connectivity index (χ2v) is 4.17. The third-order valence-corrected chi connectivity index (χ3v) is 3.13. The van der Waals surface area contributed by atoms with E-state index < -0.39 is 0 Å². The highest BCUT2D eigenvalue weighted by Crippen LogP contribution is 2.26. The lowest BCUT2D eigenvalue weighted by Crippen LogP contribution is -2.11. The molecule has 0 aromatic heterocycles. The molecule has 1 rings (SSSR count). The second-order valence-electron chi connectivity index (χ2n) is 4.17. The maximum absolute atomic E-state index is 9.46. The molecular formula is C12H22O. The fourth-order valence-electron chi connectivity index (χ4n) is 2.10. The van der Waals surface area contributed by atoms with Crippen molar-refractivity contribution in [1.29, 1.82) is 0 Å². The van der Waals surface area contributed by atoms with Crippen LogP contribution in [0.3, 0.4) is 0 Å². The summed E-state index contributed by atoms with van der Waals surface area (Å²) >= 11 is 0. The molecular weight excluding hydrogens is 160 g/mol. The summed E-state index contributed by atoms with van der Waals surface area (Å²) in [7, 11) is 0. The van der Waals surface area contributed by atoms with Gasteiger partial charge in [0.2, 0.25) is 0 Å². The molecule has 0 aliphatic heterocycles. The van der Waals surface area contributed by atoms with Gasteiger partial charge in [-0.25, -0.2) is 0 Å². The highest BCUT2D eigenvalue weighted by Gasteiger charge is 2.13. The number of hydrogen-bond donors (Lipinski definition) is 1. The molecule has 0 saturated heterocycles. The van der Waals surface area contributed by atoms with Crippen molar-refractivity contribution in [3.63, 3.8) is 0 Å². The molecule has 0 bridgehead atoms. The lowest BCUT2D eigenvalue weighted by atomic mass is 9.88. The number of hydrogen-bond acceptors (Lipinski definition) is 1. The van der Waals surface area contributed by atoms with E-state index in [2.05, 4.69) is 19.9 Å². The SMILES string of the molecule is CCC(CC)CC1=CC(O)CCC1. The van der Waals surface area contributed by atoms with E-state index in [1.54, 1.807) is 0 Å². The Bertz CT molecular complexity index is 168. The van der Waals surface area contributed by atoms with Gasteiger partial charge in [-0.3, -0.25) is 0 Å². The quantitative estimate of drug-likeness (QED) is 0.661. The molecule has 1 N–H and O–H groups in total. The molecule has 0 spiro atoms. The van der Waals surface area contributed by atoms with Crippen LogP contribution < -0.4 is 0 Å². The first-order valence-electron chi connectivity index (χ1n) is 5.63. The Kier molecular flexibility index (Phi) is 4.51. The molecule has 0 radical (unpaired) electrons. The third kappa shape index (κ3) is 3.51. The molecule has 0 aromatic carbocycles. The van der Waals surface area contributed by atoms with E-state index in [9.17, 15) is 5.11 Å². The molecule has 0 amide bonds. The maximum atomic E-state index is 9.46. The fraction of sp³-hybridized carbons (Fsp3) is 0.833. The molecule has 1 unspecified atom stereocenters. The van der Waals surface area contributed by atoms with Crippen molar-refractivity contribution in [3.05, 3.63) is 11.6 Å². The summed E-state index contributed by atoms with van der Waals surface area (Å²) in [5.74, 6) is 0.830. The van der Waals surface area contributed by atoms with Crippen molar-refractivity contribution >= 4 is 0 Å². The van der Waals surface area contributed by atoms with Crippen molar-refractivity contribution in [2.75, 3.05) is 0 Å². The predicted octanol–water partition coefficient (Wildman–Crippen LogP) is 3.28. The number of rotatable bonds is 4. The Hall–Kier alpha value is -0.300. The van der Waals surface area contributed by atoms with Crippen molar-refractivity contribution in [1.82, 2.24) is 0 Å². The zero-order chi connectivity index (χ0) is 9.68. The predicted molar refractivity (Wildman–Crippen MR) is 56.6 cm³/mol. The molecule has 13 heavy (non-hydrogen) atoms. The minimum absolute atomic E-state index is 0.155. The Labute approximate surface area is 81.9 Å². The van der Waals surface area contributed by atoms with Gasteiger partial charge < -0.3 is 5.11 Å². The Morgan fingerprint density at radius 3 is 2.69 bits per heavy atom. The largest absolute Gasteiger partial charge is 0.389 e. The van der Waals surface area contributed by atoms with Crippen molar-refractivity contribution in [2.45, 2.75) is 58.5 Å². The van der Waals surface area contributed by atoms with Gasteiger partial charge in [0.15, 0.2) is 0 Å². The first-order chi connectivity index (χ1) is 6.26. The van der Waals surface area contributed by atoms with Crippen LogP contribution in [0.1, 0.15) is 52.4 Å². The summed E-state index contributed by atoms with van der Waals surface area (Å²) in [5, 5.41) is 9.46. The lowest BCUT2D eigenvalue weighted by Gasteiger charge is -2.20. The van der Waals surface area contributed by atoms with Crippen LogP contribution in [0, 0.1) is 5.92 Å².